The van der Waals surface area contributed by atoms with E-state index < -0.39 is 5.51 Å². The van der Waals surface area contributed by atoms with Crippen LogP contribution in [0.1, 0.15) is 18.5 Å². The number of pyridine rings is 1. The second kappa shape index (κ2) is 10.1. The highest BCUT2D eigenvalue weighted by Crippen LogP contribution is 2.39. The number of thioether (sulfide) groups is 1. The van der Waals surface area contributed by atoms with Crippen molar-refractivity contribution < 1.29 is 27.2 Å². The quantitative estimate of drug-likeness (QED) is 0.250. The van der Waals surface area contributed by atoms with Crippen molar-refractivity contribution in [1.29, 1.82) is 0 Å². The van der Waals surface area contributed by atoms with Crippen LogP contribution in [0, 0.1) is 0 Å². The summed E-state index contributed by atoms with van der Waals surface area (Å²) in [6, 6.07) is 12.8. The Hall–Kier alpha value is -2.29. The standard InChI is InChI=1S/C26H28F3N2O2S/c27-26(28,29)34-21-5-1-4-19(16-21)24-18-31-10-2-6-25(31)23-17-20(7-8-22(23)24)33-13-3-9-30-11-14-32-15-12-30/h1,4-5,7-8,16-18H,2-3,6,9-15H2/q+1. The topological polar surface area (TPSA) is 25.6 Å². The number of halogens is 3. The second-order valence-corrected chi connectivity index (χ2v) is 9.86. The zero-order valence-electron chi connectivity index (χ0n) is 18.9. The van der Waals surface area contributed by atoms with Gasteiger partial charge in [-0.1, -0.05) is 12.1 Å². The van der Waals surface area contributed by atoms with Crippen LogP contribution < -0.4 is 9.30 Å². The predicted molar refractivity (Wildman–Crippen MR) is 127 cm³/mol. The lowest BCUT2D eigenvalue weighted by Crippen LogP contribution is -2.37. The van der Waals surface area contributed by atoms with E-state index >= 15 is 0 Å². The molecule has 0 bridgehead atoms. The first-order valence-corrected chi connectivity index (χ1v) is 12.6. The van der Waals surface area contributed by atoms with Crippen LogP contribution >= 0.6 is 11.8 Å². The number of aromatic nitrogens is 1. The molecule has 0 spiro atoms. The summed E-state index contributed by atoms with van der Waals surface area (Å²) in [4.78, 5) is 2.60. The third-order valence-electron chi connectivity index (χ3n) is 6.41. The Labute approximate surface area is 201 Å². The number of alkyl halides is 3. The fraction of sp³-hybridized carbons (Fsp3) is 0.423. The van der Waals surface area contributed by atoms with Gasteiger partial charge in [0, 0.05) is 42.8 Å². The molecule has 0 N–H and O–H groups in total. The molecule has 2 aliphatic rings. The van der Waals surface area contributed by atoms with Crippen LogP contribution in [0.4, 0.5) is 13.2 Å². The molecule has 1 aromatic heterocycles. The summed E-state index contributed by atoms with van der Waals surface area (Å²) in [5, 5.41) is 2.16. The molecule has 180 valence electrons. The van der Waals surface area contributed by atoms with Crippen molar-refractivity contribution in [3.63, 3.8) is 0 Å². The zero-order valence-corrected chi connectivity index (χ0v) is 19.8. The summed E-state index contributed by atoms with van der Waals surface area (Å²) in [6.07, 6.45) is 5.09. The molecule has 2 aromatic carbocycles. The minimum Gasteiger partial charge on any atom is -0.494 e. The first-order valence-electron chi connectivity index (χ1n) is 11.7. The minimum absolute atomic E-state index is 0.0729. The molecule has 0 atom stereocenters. The number of nitrogens with zero attached hydrogens (tertiary/aromatic N) is 2. The molecular formula is C26H28F3N2O2S+. The first kappa shape index (κ1) is 23.5. The normalized spacial score (nSPS) is 16.7. The van der Waals surface area contributed by atoms with Crippen LogP contribution in [0.3, 0.4) is 0 Å². The highest BCUT2D eigenvalue weighted by molar-refractivity contribution is 8.00. The molecule has 4 nitrogen and oxygen atoms in total. The van der Waals surface area contributed by atoms with Crippen LogP contribution in [0.5, 0.6) is 5.75 Å². The van der Waals surface area contributed by atoms with E-state index in [0.717, 1.165) is 86.3 Å². The van der Waals surface area contributed by atoms with Gasteiger partial charge in [-0.05, 0) is 54.1 Å². The van der Waals surface area contributed by atoms with Crippen molar-refractivity contribution in [2.75, 3.05) is 39.5 Å². The lowest BCUT2D eigenvalue weighted by atomic mass is 9.98. The SMILES string of the molecule is FC(F)(F)Sc1cccc(-c2c[n+]3c(c4cc(OCCCN5CCOCC5)ccc24)CCC3)c1. The molecule has 1 fully saturated rings. The van der Waals surface area contributed by atoms with Gasteiger partial charge in [-0.15, -0.1) is 0 Å². The molecule has 0 radical (unpaired) electrons. The summed E-state index contributed by atoms with van der Waals surface area (Å²) in [5.41, 5.74) is -1.30. The molecule has 0 aliphatic carbocycles. The number of rotatable bonds is 7. The van der Waals surface area contributed by atoms with Crippen LogP contribution in [0.2, 0.25) is 0 Å². The smallest absolute Gasteiger partial charge is 0.446 e. The maximum atomic E-state index is 12.9. The predicted octanol–water partition coefficient (Wildman–Crippen LogP) is 5.45. The van der Waals surface area contributed by atoms with E-state index in [4.69, 9.17) is 9.47 Å². The van der Waals surface area contributed by atoms with Crippen molar-refractivity contribution in [1.82, 2.24) is 4.90 Å². The number of morpholine rings is 1. The Morgan fingerprint density at radius 3 is 2.74 bits per heavy atom. The molecule has 34 heavy (non-hydrogen) atoms. The summed E-state index contributed by atoms with van der Waals surface area (Å²) in [6.45, 7) is 6.12. The second-order valence-electron chi connectivity index (χ2n) is 8.73. The van der Waals surface area contributed by atoms with E-state index in [9.17, 15) is 13.2 Å². The van der Waals surface area contributed by atoms with Crippen molar-refractivity contribution in [3.8, 4) is 16.9 Å². The molecule has 1 saturated heterocycles. The molecule has 3 aromatic rings. The van der Waals surface area contributed by atoms with Gasteiger partial charge >= 0.3 is 5.51 Å². The Balaban J connectivity index is 1.39. The monoisotopic (exact) mass is 489 g/mol. The van der Waals surface area contributed by atoms with E-state index in [1.54, 1.807) is 12.1 Å². The number of benzene rings is 2. The fourth-order valence-electron chi connectivity index (χ4n) is 4.83. The number of hydrogen-bond acceptors (Lipinski definition) is 4. The number of ether oxygens (including phenoxy) is 2. The van der Waals surface area contributed by atoms with E-state index in [1.165, 1.54) is 11.8 Å². The molecule has 2 aliphatic heterocycles. The molecule has 0 amide bonds. The third-order valence-corrected chi connectivity index (χ3v) is 7.13. The Bertz CT molecular complexity index is 1160. The number of fused-ring (bicyclic) bond motifs is 3. The average molecular weight is 490 g/mol. The molecule has 5 rings (SSSR count). The summed E-state index contributed by atoms with van der Waals surface area (Å²) in [7, 11) is 0. The maximum Gasteiger partial charge on any atom is 0.446 e. The molecule has 3 heterocycles. The highest BCUT2D eigenvalue weighted by atomic mass is 32.2. The van der Waals surface area contributed by atoms with Gasteiger partial charge < -0.3 is 9.47 Å². The number of hydrogen-bond donors (Lipinski definition) is 0. The van der Waals surface area contributed by atoms with Crippen molar-refractivity contribution in [2.45, 2.75) is 36.2 Å². The van der Waals surface area contributed by atoms with E-state index in [-0.39, 0.29) is 16.7 Å². The summed E-state index contributed by atoms with van der Waals surface area (Å²) < 4.78 is 52.5. The van der Waals surface area contributed by atoms with Crippen LogP contribution in [-0.2, 0) is 17.7 Å². The van der Waals surface area contributed by atoms with Gasteiger partial charge in [0.25, 0.3) is 0 Å². The van der Waals surface area contributed by atoms with Crippen LogP contribution in [0.25, 0.3) is 21.9 Å². The van der Waals surface area contributed by atoms with Crippen molar-refractivity contribution >= 4 is 22.5 Å². The van der Waals surface area contributed by atoms with E-state index in [0.29, 0.717) is 6.61 Å². The largest absolute Gasteiger partial charge is 0.494 e. The van der Waals surface area contributed by atoms with Crippen molar-refractivity contribution in [3.05, 3.63) is 54.4 Å². The lowest BCUT2D eigenvalue weighted by Gasteiger charge is -2.26. The molecule has 0 saturated carbocycles. The first-order chi connectivity index (χ1) is 16.5. The Kier molecular flexibility index (Phi) is 6.99. The van der Waals surface area contributed by atoms with Gasteiger partial charge in [-0.25, -0.2) is 4.57 Å². The van der Waals surface area contributed by atoms with Gasteiger partial charge in [-0.3, -0.25) is 4.90 Å². The lowest BCUT2D eigenvalue weighted by molar-refractivity contribution is -0.689. The average Bonchev–Trinajstić information content (AvgIpc) is 3.30. The molecule has 8 heteroatoms. The minimum atomic E-state index is -4.30. The maximum absolute atomic E-state index is 12.9. The molecule has 0 unspecified atom stereocenters. The highest BCUT2D eigenvalue weighted by Gasteiger charge is 2.30. The summed E-state index contributed by atoms with van der Waals surface area (Å²) in [5.74, 6) is 0.836. The number of aryl methyl sites for hydroxylation is 2. The Morgan fingerprint density at radius 2 is 1.91 bits per heavy atom. The Morgan fingerprint density at radius 1 is 1.06 bits per heavy atom. The van der Waals surface area contributed by atoms with Crippen LogP contribution in [0.15, 0.2) is 53.6 Å². The zero-order chi connectivity index (χ0) is 23.5. The van der Waals surface area contributed by atoms with Crippen molar-refractivity contribution in [2.24, 2.45) is 0 Å². The van der Waals surface area contributed by atoms with E-state index in [2.05, 4.69) is 21.7 Å². The summed E-state index contributed by atoms with van der Waals surface area (Å²) >= 11 is -0.0729. The van der Waals surface area contributed by atoms with Gasteiger partial charge in [-0.2, -0.15) is 13.2 Å². The van der Waals surface area contributed by atoms with Gasteiger partial charge in [0.05, 0.1) is 30.8 Å². The van der Waals surface area contributed by atoms with E-state index in [1.807, 2.05) is 18.2 Å². The fourth-order valence-corrected chi connectivity index (χ4v) is 5.43. The van der Waals surface area contributed by atoms with Gasteiger partial charge in [0.1, 0.15) is 12.3 Å². The molecular weight excluding hydrogens is 461 g/mol. The van der Waals surface area contributed by atoms with Gasteiger partial charge in [0.2, 0.25) is 0 Å². The van der Waals surface area contributed by atoms with Crippen LogP contribution in [-0.4, -0.2) is 49.9 Å². The van der Waals surface area contributed by atoms with Gasteiger partial charge in [0.15, 0.2) is 11.9 Å². The third kappa shape index (κ3) is 5.50.